The highest BCUT2D eigenvalue weighted by Crippen LogP contribution is 2.34. The lowest BCUT2D eigenvalue weighted by Gasteiger charge is -2.27. The van der Waals surface area contributed by atoms with Gasteiger partial charge in [0, 0.05) is 11.3 Å². The maximum absolute atomic E-state index is 13.8. The fraction of sp³-hybridized carbons (Fsp3) is 0.111. The summed E-state index contributed by atoms with van der Waals surface area (Å²) < 4.78 is 0. The number of nitrogens with one attached hydrogen (secondary N) is 1. The van der Waals surface area contributed by atoms with Crippen LogP contribution in [0.15, 0.2) is 97.1 Å². The van der Waals surface area contributed by atoms with Gasteiger partial charge in [0.2, 0.25) is 0 Å². The van der Waals surface area contributed by atoms with Gasteiger partial charge < -0.3 is 5.32 Å². The molecule has 1 N–H and O–H groups in total. The Morgan fingerprint density at radius 3 is 2.29 bits per heavy atom. The molecule has 0 saturated heterocycles. The number of thioether (sulfide) groups is 1. The molecule has 0 aliphatic rings. The van der Waals surface area contributed by atoms with Crippen LogP contribution in [0.1, 0.15) is 27.5 Å². The molecule has 0 unspecified atom stereocenters. The Bertz CT molecular complexity index is 1220. The summed E-state index contributed by atoms with van der Waals surface area (Å²) in [6.45, 7) is 2.04. The monoisotopic (exact) mass is 422 g/mol. The van der Waals surface area contributed by atoms with E-state index in [-0.39, 0.29) is 11.8 Å². The molecule has 0 heterocycles. The van der Waals surface area contributed by atoms with Gasteiger partial charge in [-0.2, -0.15) is 5.26 Å². The molecule has 0 spiro atoms. The second-order valence-corrected chi connectivity index (χ2v) is 8.35. The van der Waals surface area contributed by atoms with E-state index in [1.54, 1.807) is 0 Å². The van der Waals surface area contributed by atoms with Gasteiger partial charge in [0.25, 0.3) is 0 Å². The molecule has 2 atom stereocenters. The van der Waals surface area contributed by atoms with Gasteiger partial charge in [0.15, 0.2) is 5.78 Å². The molecule has 0 amide bonds. The van der Waals surface area contributed by atoms with E-state index in [0.29, 0.717) is 5.56 Å². The number of nitrogens with zero attached hydrogens (tertiary/aromatic N) is 1. The highest BCUT2D eigenvalue weighted by Gasteiger charge is 2.32. The number of benzene rings is 4. The Labute approximate surface area is 186 Å². The van der Waals surface area contributed by atoms with Crippen LogP contribution in [0, 0.1) is 17.6 Å². The average molecular weight is 423 g/mol. The van der Waals surface area contributed by atoms with Crippen LogP contribution >= 0.6 is 11.8 Å². The van der Waals surface area contributed by atoms with Crippen molar-refractivity contribution in [3.63, 3.8) is 0 Å². The minimum atomic E-state index is -0.612. The van der Waals surface area contributed by atoms with E-state index in [4.69, 9.17) is 0 Å². The maximum atomic E-state index is 13.8. The molecule has 0 radical (unpaired) electrons. The second-order valence-electron chi connectivity index (χ2n) is 7.42. The summed E-state index contributed by atoms with van der Waals surface area (Å²) in [5.74, 6) is -0.0585. The van der Waals surface area contributed by atoms with Crippen molar-refractivity contribution in [3.05, 3.63) is 114 Å². The van der Waals surface area contributed by atoms with Gasteiger partial charge in [-0.05, 0) is 47.2 Å². The number of aryl methyl sites for hydroxylation is 1. The molecule has 152 valence electrons. The lowest BCUT2D eigenvalue weighted by molar-refractivity contribution is 0.0985. The largest absolute Gasteiger partial charge is 0.377 e. The predicted octanol–water partition coefficient (Wildman–Crippen LogP) is 6.77. The van der Waals surface area contributed by atoms with Crippen LogP contribution in [0.3, 0.4) is 0 Å². The third-order valence-electron chi connectivity index (χ3n) is 5.33. The molecule has 0 bridgehead atoms. The fourth-order valence-corrected chi connectivity index (χ4v) is 4.46. The van der Waals surface area contributed by atoms with Crippen molar-refractivity contribution in [1.29, 1.82) is 5.26 Å². The molecule has 0 aromatic heterocycles. The molecular weight excluding hydrogens is 400 g/mol. The van der Waals surface area contributed by atoms with Crippen LogP contribution in [0.25, 0.3) is 10.8 Å². The minimum absolute atomic E-state index is 0.0585. The number of carbonyl (C=O) groups excluding carboxylic acids is 1. The number of ketones is 1. The lowest BCUT2D eigenvalue weighted by Crippen LogP contribution is -2.30. The van der Waals surface area contributed by atoms with Crippen molar-refractivity contribution in [1.82, 2.24) is 0 Å². The summed E-state index contributed by atoms with van der Waals surface area (Å²) in [4.78, 5) is 13.8. The number of Topliss-reactive ketones (excluding diaryl/α,β-unsaturated/α-hetero) is 1. The zero-order valence-electron chi connectivity index (χ0n) is 17.2. The van der Waals surface area contributed by atoms with Gasteiger partial charge in [-0.15, -0.1) is 0 Å². The molecule has 0 saturated carbocycles. The van der Waals surface area contributed by atoms with Gasteiger partial charge in [0.05, 0.1) is 6.04 Å². The number of thiocyanates is 1. The van der Waals surface area contributed by atoms with Gasteiger partial charge in [-0.3, -0.25) is 4.79 Å². The van der Waals surface area contributed by atoms with E-state index in [9.17, 15) is 10.1 Å². The van der Waals surface area contributed by atoms with Gasteiger partial charge in [-0.25, -0.2) is 0 Å². The smallest absolute Gasteiger partial charge is 0.179 e. The second kappa shape index (κ2) is 9.51. The minimum Gasteiger partial charge on any atom is -0.377 e. The molecule has 0 aliphatic heterocycles. The number of hydrogen-bond donors (Lipinski definition) is 1. The topological polar surface area (TPSA) is 52.9 Å². The van der Waals surface area contributed by atoms with Crippen LogP contribution in [0.2, 0.25) is 0 Å². The fourth-order valence-electron chi connectivity index (χ4n) is 3.75. The van der Waals surface area contributed by atoms with Gasteiger partial charge >= 0.3 is 0 Å². The predicted molar refractivity (Wildman–Crippen MR) is 129 cm³/mol. The molecule has 3 nitrogen and oxygen atoms in total. The van der Waals surface area contributed by atoms with Crippen molar-refractivity contribution < 1.29 is 4.79 Å². The van der Waals surface area contributed by atoms with Gasteiger partial charge in [0.1, 0.15) is 10.7 Å². The van der Waals surface area contributed by atoms with Crippen LogP contribution < -0.4 is 5.32 Å². The Hall–Kier alpha value is -3.55. The molecule has 0 fully saturated rings. The van der Waals surface area contributed by atoms with Crippen LogP contribution in [-0.4, -0.2) is 11.0 Å². The van der Waals surface area contributed by atoms with Crippen LogP contribution in [0.4, 0.5) is 5.69 Å². The van der Waals surface area contributed by atoms with E-state index in [1.807, 2.05) is 104 Å². The normalized spacial score (nSPS) is 12.6. The Morgan fingerprint density at radius 1 is 0.871 bits per heavy atom. The first-order valence-corrected chi connectivity index (χ1v) is 11.0. The highest BCUT2D eigenvalue weighted by atomic mass is 32.2. The number of carbonyl (C=O) groups is 1. The Kier molecular flexibility index (Phi) is 6.35. The van der Waals surface area contributed by atoms with Crippen molar-refractivity contribution in [2.45, 2.75) is 18.2 Å². The third kappa shape index (κ3) is 4.63. The third-order valence-corrected chi connectivity index (χ3v) is 6.17. The molecule has 4 aromatic carbocycles. The van der Waals surface area contributed by atoms with Crippen molar-refractivity contribution in [3.8, 4) is 5.40 Å². The maximum Gasteiger partial charge on any atom is 0.179 e. The summed E-state index contributed by atoms with van der Waals surface area (Å²) in [6.07, 6.45) is 0. The number of hydrogen-bond acceptors (Lipinski definition) is 4. The summed E-state index contributed by atoms with van der Waals surface area (Å²) >= 11 is 1.01. The number of rotatable bonds is 7. The van der Waals surface area contributed by atoms with E-state index < -0.39 is 5.25 Å². The quantitative estimate of drug-likeness (QED) is 0.264. The van der Waals surface area contributed by atoms with Crippen LogP contribution in [0.5, 0.6) is 0 Å². The SMILES string of the molecule is Cc1ccc(N[C@@H](c2ccccc2)[C@H](SC#N)C(=O)c2cccc3ccccc23)cc1. The molecule has 0 aliphatic carbocycles. The first-order valence-electron chi connectivity index (χ1n) is 10.1. The summed E-state index contributed by atoms with van der Waals surface area (Å²) in [5.41, 5.74) is 3.67. The van der Waals surface area contributed by atoms with E-state index in [1.165, 1.54) is 0 Å². The van der Waals surface area contributed by atoms with Crippen LogP contribution in [-0.2, 0) is 0 Å². The summed E-state index contributed by atoms with van der Waals surface area (Å²) in [7, 11) is 0. The number of fused-ring (bicyclic) bond motifs is 1. The molecule has 4 heteroatoms. The van der Waals surface area contributed by atoms with E-state index in [2.05, 4.69) is 10.7 Å². The highest BCUT2D eigenvalue weighted by molar-refractivity contribution is 8.05. The standard InChI is InChI=1S/C27H22N2OS/c1-19-14-16-22(17-15-19)29-25(21-9-3-2-4-10-21)27(31-18-28)26(30)24-13-7-11-20-8-5-6-12-23(20)24/h2-17,25,27,29H,1H3/t25-,27-/m0/s1. The average Bonchev–Trinajstić information content (AvgIpc) is 2.82. The molecule has 4 aromatic rings. The number of nitriles is 1. The lowest BCUT2D eigenvalue weighted by atomic mass is 9.94. The first kappa shape index (κ1) is 20.7. The zero-order valence-corrected chi connectivity index (χ0v) is 18.0. The van der Waals surface area contributed by atoms with Crippen molar-refractivity contribution in [2.24, 2.45) is 0 Å². The Morgan fingerprint density at radius 2 is 1.55 bits per heavy atom. The summed E-state index contributed by atoms with van der Waals surface area (Å²) in [6, 6.07) is 31.2. The summed E-state index contributed by atoms with van der Waals surface area (Å²) in [5, 5.41) is 16.6. The van der Waals surface area contributed by atoms with Crippen molar-refractivity contribution >= 4 is 34.0 Å². The first-order chi connectivity index (χ1) is 15.2. The number of anilines is 1. The van der Waals surface area contributed by atoms with Crippen molar-refractivity contribution in [2.75, 3.05) is 5.32 Å². The van der Waals surface area contributed by atoms with Gasteiger partial charge in [-0.1, -0.05) is 90.5 Å². The van der Waals surface area contributed by atoms with E-state index in [0.717, 1.165) is 39.3 Å². The van der Waals surface area contributed by atoms with E-state index >= 15 is 0 Å². The zero-order chi connectivity index (χ0) is 21.6. The molecule has 4 rings (SSSR count). The molecular formula is C27H22N2OS. The molecule has 31 heavy (non-hydrogen) atoms. The Balaban J connectivity index is 1.78.